The van der Waals surface area contributed by atoms with Gasteiger partial charge >= 0.3 is 0 Å². The molecule has 72 valence electrons. The topological polar surface area (TPSA) is 21.3 Å². The average molecular weight is 197 g/mol. The molecule has 0 radical (unpaired) electrons. The monoisotopic (exact) mass is 197 g/mol. The van der Waals surface area contributed by atoms with Crippen LogP contribution >= 0.6 is 11.3 Å². The molecule has 1 N–H and O–H groups in total. The van der Waals surface area contributed by atoms with Crippen LogP contribution in [0.4, 0.5) is 0 Å². The normalized spacial score (nSPS) is 24.8. The highest BCUT2D eigenvalue weighted by molar-refractivity contribution is 7.10. The molecule has 1 unspecified atom stereocenters. The first-order valence-corrected chi connectivity index (χ1v) is 5.64. The minimum atomic E-state index is 0.255. The van der Waals surface area contributed by atoms with E-state index in [0.29, 0.717) is 6.10 Å². The summed E-state index contributed by atoms with van der Waals surface area (Å²) in [5.41, 5.74) is 0. The highest BCUT2D eigenvalue weighted by atomic mass is 32.1. The Morgan fingerprint density at radius 2 is 2.62 bits per heavy atom. The van der Waals surface area contributed by atoms with Crippen molar-refractivity contribution in [2.75, 3.05) is 13.1 Å². The van der Waals surface area contributed by atoms with E-state index in [9.17, 15) is 0 Å². The molecule has 0 bridgehead atoms. The Kier molecular flexibility index (Phi) is 2.98. The Morgan fingerprint density at radius 3 is 3.23 bits per heavy atom. The fourth-order valence-corrected chi connectivity index (χ4v) is 2.34. The molecular formula is C10H15NOS. The maximum absolute atomic E-state index is 5.90. The first kappa shape index (κ1) is 9.19. The summed E-state index contributed by atoms with van der Waals surface area (Å²) in [5, 5.41) is 5.40. The van der Waals surface area contributed by atoms with E-state index in [0.717, 1.165) is 19.5 Å². The molecule has 0 saturated carbocycles. The van der Waals surface area contributed by atoms with E-state index in [2.05, 4.69) is 29.8 Å². The zero-order chi connectivity index (χ0) is 9.10. The molecule has 3 heteroatoms. The fourth-order valence-electron chi connectivity index (χ4n) is 1.62. The van der Waals surface area contributed by atoms with Gasteiger partial charge in [-0.15, -0.1) is 11.3 Å². The minimum absolute atomic E-state index is 0.255. The standard InChI is InChI=1S/C10H15NOS/c1-8(10-3-2-6-13-10)12-9-4-5-11-7-9/h2-3,6,8-9,11H,4-5,7H2,1H3/t8?,9-/m1/s1. The molecule has 0 spiro atoms. The third kappa shape index (κ3) is 2.30. The van der Waals surface area contributed by atoms with E-state index in [1.807, 2.05) is 0 Å². The van der Waals surface area contributed by atoms with Crippen molar-refractivity contribution in [2.24, 2.45) is 0 Å². The first-order chi connectivity index (χ1) is 6.36. The maximum Gasteiger partial charge on any atom is 0.0893 e. The Bertz CT molecular complexity index is 241. The van der Waals surface area contributed by atoms with Crippen LogP contribution in [0.3, 0.4) is 0 Å². The third-order valence-corrected chi connectivity index (χ3v) is 3.39. The van der Waals surface area contributed by atoms with Gasteiger partial charge in [-0.05, 0) is 31.3 Å². The molecule has 2 heterocycles. The van der Waals surface area contributed by atoms with Gasteiger partial charge in [-0.25, -0.2) is 0 Å². The second-order valence-corrected chi connectivity index (χ2v) is 4.39. The van der Waals surface area contributed by atoms with Gasteiger partial charge in [0.05, 0.1) is 12.2 Å². The zero-order valence-electron chi connectivity index (χ0n) is 7.82. The van der Waals surface area contributed by atoms with Crippen LogP contribution < -0.4 is 5.32 Å². The highest BCUT2D eigenvalue weighted by Gasteiger charge is 2.18. The fraction of sp³-hybridized carbons (Fsp3) is 0.600. The summed E-state index contributed by atoms with van der Waals surface area (Å²) < 4.78 is 5.90. The number of thiophene rings is 1. The molecule has 1 aromatic rings. The molecule has 0 amide bonds. The van der Waals surface area contributed by atoms with Crippen LogP contribution in [-0.4, -0.2) is 19.2 Å². The molecule has 2 nitrogen and oxygen atoms in total. The second-order valence-electron chi connectivity index (χ2n) is 3.41. The van der Waals surface area contributed by atoms with Crippen molar-refractivity contribution < 1.29 is 4.74 Å². The van der Waals surface area contributed by atoms with Gasteiger partial charge in [0.2, 0.25) is 0 Å². The van der Waals surface area contributed by atoms with Crippen LogP contribution in [0.25, 0.3) is 0 Å². The van der Waals surface area contributed by atoms with Crippen molar-refractivity contribution in [3.05, 3.63) is 22.4 Å². The van der Waals surface area contributed by atoms with Crippen LogP contribution in [-0.2, 0) is 4.74 Å². The summed E-state index contributed by atoms with van der Waals surface area (Å²) in [7, 11) is 0. The van der Waals surface area contributed by atoms with E-state index >= 15 is 0 Å². The molecule has 1 aliphatic rings. The molecule has 1 aliphatic heterocycles. The molecule has 2 rings (SSSR count). The van der Waals surface area contributed by atoms with Gasteiger partial charge in [-0.3, -0.25) is 0 Å². The van der Waals surface area contributed by atoms with E-state index in [1.54, 1.807) is 11.3 Å². The Morgan fingerprint density at radius 1 is 1.69 bits per heavy atom. The smallest absolute Gasteiger partial charge is 0.0893 e. The lowest BCUT2D eigenvalue weighted by Gasteiger charge is -2.16. The molecule has 13 heavy (non-hydrogen) atoms. The summed E-state index contributed by atoms with van der Waals surface area (Å²) in [4.78, 5) is 1.33. The summed E-state index contributed by atoms with van der Waals surface area (Å²) in [6.45, 7) is 4.24. The minimum Gasteiger partial charge on any atom is -0.368 e. The average Bonchev–Trinajstić information content (AvgIpc) is 2.74. The van der Waals surface area contributed by atoms with Gasteiger partial charge in [-0.2, -0.15) is 0 Å². The number of ether oxygens (including phenoxy) is 1. The van der Waals surface area contributed by atoms with Crippen molar-refractivity contribution in [1.82, 2.24) is 5.32 Å². The maximum atomic E-state index is 5.90. The van der Waals surface area contributed by atoms with Gasteiger partial charge in [0.1, 0.15) is 0 Å². The van der Waals surface area contributed by atoms with Gasteiger partial charge < -0.3 is 10.1 Å². The van der Waals surface area contributed by atoms with Gasteiger partial charge in [0.25, 0.3) is 0 Å². The largest absolute Gasteiger partial charge is 0.368 e. The van der Waals surface area contributed by atoms with Crippen molar-refractivity contribution in [3.63, 3.8) is 0 Å². The predicted octanol–water partition coefficient (Wildman–Crippen LogP) is 2.19. The molecule has 2 atom stereocenters. The molecule has 1 aromatic heterocycles. The Balaban J connectivity index is 1.87. The van der Waals surface area contributed by atoms with Crippen LogP contribution in [0.15, 0.2) is 17.5 Å². The van der Waals surface area contributed by atoms with Crippen LogP contribution in [0.1, 0.15) is 24.3 Å². The van der Waals surface area contributed by atoms with Gasteiger partial charge in [0, 0.05) is 11.4 Å². The van der Waals surface area contributed by atoms with E-state index in [-0.39, 0.29) is 6.10 Å². The molecule has 1 saturated heterocycles. The number of hydrogen-bond acceptors (Lipinski definition) is 3. The van der Waals surface area contributed by atoms with Crippen LogP contribution in [0.5, 0.6) is 0 Å². The van der Waals surface area contributed by atoms with Crippen molar-refractivity contribution in [2.45, 2.75) is 25.6 Å². The number of nitrogens with one attached hydrogen (secondary N) is 1. The Labute approximate surface area is 82.9 Å². The summed E-state index contributed by atoms with van der Waals surface area (Å²) in [5.74, 6) is 0. The van der Waals surface area contributed by atoms with Crippen molar-refractivity contribution >= 4 is 11.3 Å². The molecule has 0 aliphatic carbocycles. The van der Waals surface area contributed by atoms with Crippen LogP contribution in [0.2, 0.25) is 0 Å². The lowest BCUT2D eigenvalue weighted by atomic mass is 10.3. The zero-order valence-corrected chi connectivity index (χ0v) is 8.64. The molecule has 0 aromatic carbocycles. The quantitative estimate of drug-likeness (QED) is 0.802. The van der Waals surface area contributed by atoms with Crippen molar-refractivity contribution in [1.29, 1.82) is 0 Å². The number of hydrogen-bond donors (Lipinski definition) is 1. The first-order valence-electron chi connectivity index (χ1n) is 4.76. The van der Waals surface area contributed by atoms with E-state index in [1.165, 1.54) is 4.88 Å². The third-order valence-electron chi connectivity index (χ3n) is 2.36. The highest BCUT2D eigenvalue weighted by Crippen LogP contribution is 2.24. The van der Waals surface area contributed by atoms with Gasteiger partial charge in [0.15, 0.2) is 0 Å². The lowest BCUT2D eigenvalue weighted by Crippen LogP contribution is -2.18. The predicted molar refractivity (Wildman–Crippen MR) is 55.1 cm³/mol. The summed E-state index contributed by atoms with van der Waals surface area (Å²) in [6, 6.07) is 4.21. The molecular weight excluding hydrogens is 182 g/mol. The summed E-state index contributed by atoms with van der Waals surface area (Å²) in [6.07, 6.45) is 1.82. The second kappa shape index (κ2) is 4.22. The molecule has 1 fully saturated rings. The van der Waals surface area contributed by atoms with Crippen molar-refractivity contribution in [3.8, 4) is 0 Å². The van der Waals surface area contributed by atoms with E-state index in [4.69, 9.17) is 4.74 Å². The van der Waals surface area contributed by atoms with Crippen LogP contribution in [0, 0.1) is 0 Å². The van der Waals surface area contributed by atoms with Gasteiger partial charge in [-0.1, -0.05) is 6.07 Å². The lowest BCUT2D eigenvalue weighted by molar-refractivity contribution is 0.0102. The Hall–Kier alpha value is -0.380. The number of rotatable bonds is 3. The summed E-state index contributed by atoms with van der Waals surface area (Å²) >= 11 is 1.77. The van der Waals surface area contributed by atoms with E-state index < -0.39 is 0 Å². The SMILES string of the molecule is CC(O[C@@H]1CCNC1)c1cccs1.